The first-order chi connectivity index (χ1) is 9.96. The van der Waals surface area contributed by atoms with Gasteiger partial charge in [0.05, 0.1) is 20.3 Å². The fraction of sp³-hybridized carbons (Fsp3) is 0.938. The average Bonchev–Trinajstić information content (AvgIpc) is 2.44. The third-order valence-corrected chi connectivity index (χ3v) is 3.24. The van der Waals surface area contributed by atoms with Gasteiger partial charge in [0, 0.05) is 13.2 Å². The second-order valence-corrected chi connectivity index (χ2v) is 5.89. The van der Waals surface area contributed by atoms with Gasteiger partial charge in [-0.1, -0.05) is 20.8 Å². The van der Waals surface area contributed by atoms with E-state index in [4.69, 9.17) is 14.2 Å². The van der Waals surface area contributed by atoms with Crippen molar-refractivity contribution in [3.05, 3.63) is 0 Å². The Morgan fingerprint density at radius 2 is 1.81 bits per heavy atom. The maximum atomic E-state index is 11.8. The van der Waals surface area contributed by atoms with Crippen molar-refractivity contribution in [1.29, 1.82) is 0 Å². The third kappa shape index (κ3) is 9.82. The Kier molecular flexibility index (Phi) is 11.6. The Labute approximate surface area is 129 Å². The maximum Gasteiger partial charge on any atom is 0.325 e. The zero-order valence-electron chi connectivity index (χ0n) is 14.4. The minimum atomic E-state index is -0.593. The van der Waals surface area contributed by atoms with E-state index in [9.17, 15) is 4.79 Å². The molecule has 0 heterocycles. The van der Waals surface area contributed by atoms with E-state index in [2.05, 4.69) is 19.2 Å². The van der Waals surface area contributed by atoms with Crippen LogP contribution in [0.2, 0.25) is 0 Å². The molecule has 0 aliphatic carbocycles. The van der Waals surface area contributed by atoms with Gasteiger partial charge in [0.15, 0.2) is 0 Å². The van der Waals surface area contributed by atoms with E-state index < -0.39 is 5.54 Å². The van der Waals surface area contributed by atoms with Crippen molar-refractivity contribution in [3.63, 3.8) is 0 Å². The van der Waals surface area contributed by atoms with Crippen LogP contribution in [0.3, 0.4) is 0 Å². The number of hydrogen-bond acceptors (Lipinski definition) is 5. The molecule has 0 amide bonds. The highest BCUT2D eigenvalue weighted by atomic mass is 16.5. The molecule has 0 bridgehead atoms. The van der Waals surface area contributed by atoms with Gasteiger partial charge in [0.1, 0.15) is 5.54 Å². The normalized spacial score (nSPS) is 14.2. The van der Waals surface area contributed by atoms with Crippen LogP contribution in [0.15, 0.2) is 0 Å². The summed E-state index contributed by atoms with van der Waals surface area (Å²) in [6, 6.07) is 0. The molecular formula is C16H33NO4. The number of carbonyl (C=O) groups excluding carboxylic acids is 1. The number of nitrogens with one attached hydrogen (secondary N) is 1. The predicted molar refractivity (Wildman–Crippen MR) is 84.4 cm³/mol. The molecule has 1 N–H and O–H groups in total. The molecule has 1 atom stereocenters. The Morgan fingerprint density at radius 1 is 1.14 bits per heavy atom. The van der Waals surface area contributed by atoms with E-state index in [0.717, 1.165) is 32.4 Å². The quantitative estimate of drug-likeness (QED) is 0.418. The summed E-state index contributed by atoms with van der Waals surface area (Å²) in [6.45, 7) is 11.6. The minimum absolute atomic E-state index is 0.202. The highest BCUT2D eigenvalue weighted by Gasteiger charge is 2.32. The van der Waals surface area contributed by atoms with Crippen LogP contribution in [0.1, 0.15) is 47.0 Å². The van der Waals surface area contributed by atoms with Crippen molar-refractivity contribution in [3.8, 4) is 0 Å². The highest BCUT2D eigenvalue weighted by Crippen LogP contribution is 2.15. The van der Waals surface area contributed by atoms with Crippen LogP contribution in [0.25, 0.3) is 0 Å². The van der Waals surface area contributed by atoms with Crippen LogP contribution in [-0.2, 0) is 19.0 Å². The third-order valence-electron chi connectivity index (χ3n) is 3.24. The van der Waals surface area contributed by atoms with Crippen molar-refractivity contribution in [1.82, 2.24) is 5.32 Å². The Balaban J connectivity index is 3.65. The molecule has 0 aliphatic rings. The fourth-order valence-electron chi connectivity index (χ4n) is 2.10. The second kappa shape index (κ2) is 12.0. The van der Waals surface area contributed by atoms with Gasteiger partial charge in [-0.3, -0.25) is 4.79 Å². The summed E-state index contributed by atoms with van der Waals surface area (Å²) in [4.78, 5) is 11.8. The number of ether oxygens (including phenoxy) is 3. The van der Waals surface area contributed by atoms with Crippen LogP contribution in [-0.4, -0.2) is 51.6 Å². The molecule has 0 saturated carbocycles. The largest absolute Gasteiger partial charge is 0.468 e. The Morgan fingerprint density at radius 3 is 2.38 bits per heavy atom. The standard InChI is InChI=1S/C16H33NO4/c1-6-17-16(4,15(18)19-5)9-7-8-10-20-11-12-21-13-14(2)3/h14,17H,6-13H2,1-5H3. The number of hydrogen-bond donors (Lipinski definition) is 1. The summed E-state index contributed by atoms with van der Waals surface area (Å²) in [5, 5.41) is 3.20. The molecule has 0 rings (SSSR count). The number of esters is 1. The van der Waals surface area contributed by atoms with E-state index in [-0.39, 0.29) is 5.97 Å². The Bertz CT molecular complexity index is 271. The molecular weight excluding hydrogens is 270 g/mol. The second-order valence-electron chi connectivity index (χ2n) is 5.89. The number of methoxy groups -OCH3 is 1. The zero-order chi connectivity index (χ0) is 16.1. The first-order valence-electron chi connectivity index (χ1n) is 7.95. The van der Waals surface area contributed by atoms with Gasteiger partial charge < -0.3 is 19.5 Å². The van der Waals surface area contributed by atoms with Gasteiger partial charge in [-0.2, -0.15) is 0 Å². The van der Waals surface area contributed by atoms with Crippen molar-refractivity contribution < 1.29 is 19.0 Å². The molecule has 0 radical (unpaired) electrons. The van der Waals surface area contributed by atoms with Crippen molar-refractivity contribution in [2.24, 2.45) is 5.92 Å². The number of likely N-dealkylation sites (N-methyl/N-ethyl adjacent to an activating group) is 1. The fourth-order valence-corrected chi connectivity index (χ4v) is 2.10. The van der Waals surface area contributed by atoms with Crippen LogP contribution in [0, 0.1) is 5.92 Å². The van der Waals surface area contributed by atoms with Crippen LogP contribution in [0.5, 0.6) is 0 Å². The first kappa shape index (κ1) is 20.3. The highest BCUT2D eigenvalue weighted by molar-refractivity contribution is 5.80. The van der Waals surface area contributed by atoms with Gasteiger partial charge in [-0.15, -0.1) is 0 Å². The lowest BCUT2D eigenvalue weighted by Crippen LogP contribution is -2.50. The lowest BCUT2D eigenvalue weighted by Gasteiger charge is -2.27. The van der Waals surface area contributed by atoms with E-state index in [0.29, 0.717) is 25.7 Å². The van der Waals surface area contributed by atoms with Crippen LogP contribution >= 0.6 is 0 Å². The predicted octanol–water partition coefficient (Wildman–Crippen LogP) is 2.39. The molecule has 0 aromatic heterocycles. The molecule has 126 valence electrons. The number of carbonyl (C=O) groups is 1. The maximum absolute atomic E-state index is 11.8. The molecule has 5 heteroatoms. The van der Waals surface area contributed by atoms with E-state index in [1.807, 2.05) is 13.8 Å². The first-order valence-corrected chi connectivity index (χ1v) is 7.95. The molecule has 1 unspecified atom stereocenters. The summed E-state index contributed by atoms with van der Waals surface area (Å²) in [5.41, 5.74) is -0.593. The van der Waals surface area contributed by atoms with Crippen LogP contribution < -0.4 is 5.32 Å². The number of rotatable bonds is 13. The van der Waals surface area contributed by atoms with E-state index >= 15 is 0 Å². The summed E-state index contributed by atoms with van der Waals surface area (Å²) in [7, 11) is 1.43. The summed E-state index contributed by atoms with van der Waals surface area (Å²) >= 11 is 0. The monoisotopic (exact) mass is 303 g/mol. The van der Waals surface area contributed by atoms with E-state index in [1.165, 1.54) is 7.11 Å². The van der Waals surface area contributed by atoms with Crippen molar-refractivity contribution >= 4 is 5.97 Å². The molecule has 21 heavy (non-hydrogen) atoms. The number of unbranched alkanes of at least 4 members (excludes halogenated alkanes) is 1. The van der Waals surface area contributed by atoms with E-state index in [1.54, 1.807) is 0 Å². The van der Waals surface area contributed by atoms with Gasteiger partial charge in [-0.05, 0) is 38.6 Å². The zero-order valence-corrected chi connectivity index (χ0v) is 14.4. The average molecular weight is 303 g/mol. The molecule has 0 spiro atoms. The molecule has 0 aromatic rings. The summed E-state index contributed by atoms with van der Waals surface area (Å²) < 4.78 is 15.8. The van der Waals surface area contributed by atoms with Gasteiger partial charge in [0.2, 0.25) is 0 Å². The molecule has 0 fully saturated rings. The molecule has 0 aliphatic heterocycles. The van der Waals surface area contributed by atoms with Gasteiger partial charge >= 0.3 is 5.97 Å². The summed E-state index contributed by atoms with van der Waals surface area (Å²) in [6.07, 6.45) is 2.61. The SMILES string of the molecule is CCNC(C)(CCCCOCCOCC(C)C)C(=O)OC. The van der Waals surface area contributed by atoms with Crippen molar-refractivity contribution in [2.75, 3.05) is 40.1 Å². The van der Waals surface area contributed by atoms with Crippen LogP contribution in [0.4, 0.5) is 0 Å². The topological polar surface area (TPSA) is 56.8 Å². The molecule has 0 saturated heterocycles. The van der Waals surface area contributed by atoms with Gasteiger partial charge in [-0.25, -0.2) is 0 Å². The lowest BCUT2D eigenvalue weighted by atomic mass is 9.95. The Hall–Kier alpha value is -0.650. The van der Waals surface area contributed by atoms with Gasteiger partial charge in [0.25, 0.3) is 0 Å². The van der Waals surface area contributed by atoms with Crippen molar-refractivity contribution in [2.45, 2.75) is 52.5 Å². The minimum Gasteiger partial charge on any atom is -0.468 e. The molecule has 0 aromatic carbocycles. The molecule has 5 nitrogen and oxygen atoms in total. The smallest absolute Gasteiger partial charge is 0.325 e. The lowest BCUT2D eigenvalue weighted by molar-refractivity contribution is -0.148. The summed E-state index contributed by atoms with van der Waals surface area (Å²) in [5.74, 6) is 0.361.